The molecule has 1 aromatic rings. The third kappa shape index (κ3) is 2.79. The fourth-order valence-electron chi connectivity index (χ4n) is 7.27. The minimum absolute atomic E-state index is 0.0538. The van der Waals surface area contributed by atoms with Crippen molar-refractivity contribution in [3.05, 3.63) is 18.0 Å². The van der Waals surface area contributed by atoms with Gasteiger partial charge in [0.15, 0.2) is 0 Å². The maximum absolute atomic E-state index is 13.3. The van der Waals surface area contributed by atoms with Gasteiger partial charge < -0.3 is 10.2 Å². The average Bonchev–Trinajstić information content (AvgIpc) is 3.20. The van der Waals surface area contributed by atoms with E-state index in [0.717, 1.165) is 37.4 Å². The van der Waals surface area contributed by atoms with Crippen LogP contribution in [0.4, 0.5) is 0 Å². The summed E-state index contributed by atoms with van der Waals surface area (Å²) in [7, 11) is 4.00. The van der Waals surface area contributed by atoms with Crippen LogP contribution < -0.4 is 5.32 Å². The van der Waals surface area contributed by atoms with Crippen LogP contribution >= 0.6 is 0 Å². The minimum Gasteiger partial charge on any atom is -0.345 e. The number of carbonyl (C=O) groups excluding carboxylic acids is 1. The summed E-state index contributed by atoms with van der Waals surface area (Å²) in [5, 5.41) is 7.75. The van der Waals surface area contributed by atoms with Crippen molar-refractivity contribution in [3.63, 3.8) is 0 Å². The average molecular weight is 357 g/mol. The molecule has 5 fully saturated rings. The highest BCUT2D eigenvalue weighted by Gasteiger charge is 2.51. The lowest BCUT2D eigenvalue weighted by molar-refractivity contribution is -0.139. The van der Waals surface area contributed by atoms with Gasteiger partial charge in [-0.1, -0.05) is 0 Å². The number of carbonyl (C=O) groups is 1. The first kappa shape index (κ1) is 16.8. The highest BCUT2D eigenvalue weighted by atomic mass is 16.2. The summed E-state index contributed by atoms with van der Waals surface area (Å²) < 4.78 is 1.84. The van der Waals surface area contributed by atoms with E-state index < -0.39 is 0 Å². The van der Waals surface area contributed by atoms with Crippen LogP contribution in [0.3, 0.4) is 0 Å². The first-order chi connectivity index (χ1) is 12.5. The Morgan fingerprint density at radius 1 is 1.23 bits per heavy atom. The molecule has 5 heteroatoms. The van der Waals surface area contributed by atoms with Crippen molar-refractivity contribution in [2.24, 2.45) is 36.1 Å². The zero-order valence-electron chi connectivity index (χ0n) is 16.2. The van der Waals surface area contributed by atoms with Crippen LogP contribution in [0.5, 0.6) is 0 Å². The number of hydrogen-bond acceptors (Lipinski definition) is 3. The molecule has 4 aliphatic carbocycles. The fraction of sp³-hybridized carbons (Fsp3) is 0.810. The summed E-state index contributed by atoms with van der Waals surface area (Å²) in [5.74, 6) is 3.48. The fourth-order valence-corrected chi connectivity index (χ4v) is 7.27. The van der Waals surface area contributed by atoms with Crippen LogP contribution in [-0.2, 0) is 11.8 Å². The molecule has 142 valence electrons. The zero-order valence-corrected chi connectivity index (χ0v) is 16.2. The molecule has 0 spiro atoms. The molecule has 4 bridgehead atoms. The van der Waals surface area contributed by atoms with Gasteiger partial charge in [0, 0.05) is 45.8 Å². The van der Waals surface area contributed by atoms with E-state index in [1.165, 1.54) is 44.1 Å². The molecule has 1 N–H and O–H groups in total. The van der Waals surface area contributed by atoms with Gasteiger partial charge >= 0.3 is 0 Å². The summed E-state index contributed by atoms with van der Waals surface area (Å²) in [4.78, 5) is 15.4. The van der Waals surface area contributed by atoms with Crippen LogP contribution in [0.1, 0.15) is 50.0 Å². The lowest BCUT2D eigenvalue weighted by Crippen LogP contribution is -2.52. The van der Waals surface area contributed by atoms with Gasteiger partial charge in [-0.3, -0.25) is 9.48 Å². The molecule has 0 aromatic carbocycles. The minimum atomic E-state index is 0.0538. The van der Waals surface area contributed by atoms with E-state index in [9.17, 15) is 4.79 Å². The Morgan fingerprint density at radius 2 is 1.88 bits per heavy atom. The third-order valence-electron chi connectivity index (χ3n) is 7.80. The van der Waals surface area contributed by atoms with E-state index in [1.54, 1.807) is 0 Å². The standard InChI is InChI=1S/C21H32N4O/c1-24(13-21-6-14-3-15(7-21)5-16(4-14)8-21)20(26)19-11-22-10-18(19)17-9-23-25(2)12-17/h9,12,14-16,18-19,22H,3-8,10-11,13H2,1-2H3/t14?,15?,16?,18-,19+,21?/m1/s1. The Kier molecular flexibility index (Phi) is 3.93. The molecule has 1 aromatic heterocycles. The van der Waals surface area contributed by atoms with Crippen molar-refractivity contribution >= 4 is 5.91 Å². The zero-order chi connectivity index (χ0) is 17.9. The Labute approximate surface area is 156 Å². The largest absolute Gasteiger partial charge is 0.345 e. The second-order valence-corrected chi connectivity index (χ2v) is 9.93. The Bertz CT molecular complexity index is 661. The maximum atomic E-state index is 13.3. The number of aromatic nitrogens is 2. The SMILES string of the molecule is CN(CC12CC3CC(CC(C3)C1)C2)C(=O)[C@H]1CNC[C@@H]1c1cnn(C)c1. The van der Waals surface area contributed by atoms with E-state index in [1.807, 2.05) is 17.9 Å². The van der Waals surface area contributed by atoms with Gasteiger partial charge in [0.05, 0.1) is 12.1 Å². The molecular weight excluding hydrogens is 324 g/mol. The molecule has 2 heterocycles. The molecule has 4 saturated carbocycles. The van der Waals surface area contributed by atoms with Crippen LogP contribution in [-0.4, -0.2) is 47.3 Å². The second kappa shape index (κ2) is 6.08. The van der Waals surface area contributed by atoms with E-state index in [2.05, 4.69) is 28.6 Å². The number of aryl methyl sites for hydroxylation is 1. The number of nitrogens with zero attached hydrogens (tertiary/aromatic N) is 3. The molecule has 1 saturated heterocycles. The summed E-state index contributed by atoms with van der Waals surface area (Å²) in [6.45, 7) is 2.66. The van der Waals surface area contributed by atoms with Gasteiger partial charge in [0.25, 0.3) is 0 Å². The summed E-state index contributed by atoms with van der Waals surface area (Å²) >= 11 is 0. The maximum Gasteiger partial charge on any atom is 0.227 e. The van der Waals surface area contributed by atoms with E-state index in [0.29, 0.717) is 11.3 Å². The van der Waals surface area contributed by atoms with Gasteiger partial charge in [-0.15, -0.1) is 0 Å². The van der Waals surface area contributed by atoms with Gasteiger partial charge in [0.2, 0.25) is 5.91 Å². The van der Waals surface area contributed by atoms with Crippen molar-refractivity contribution in [1.29, 1.82) is 0 Å². The Balaban J connectivity index is 1.29. The first-order valence-corrected chi connectivity index (χ1v) is 10.5. The van der Waals surface area contributed by atoms with Crippen molar-refractivity contribution < 1.29 is 4.79 Å². The predicted octanol–water partition coefficient (Wildman–Crippen LogP) is 2.40. The van der Waals surface area contributed by atoms with Crippen molar-refractivity contribution in [2.45, 2.75) is 44.4 Å². The summed E-state index contributed by atoms with van der Waals surface area (Å²) in [6.07, 6.45) is 12.5. The van der Waals surface area contributed by atoms with Crippen molar-refractivity contribution in [2.75, 3.05) is 26.7 Å². The van der Waals surface area contributed by atoms with Crippen LogP contribution in [0.2, 0.25) is 0 Å². The van der Waals surface area contributed by atoms with E-state index >= 15 is 0 Å². The van der Waals surface area contributed by atoms with Crippen LogP contribution in [0.25, 0.3) is 0 Å². The monoisotopic (exact) mass is 356 g/mol. The molecule has 0 unspecified atom stereocenters. The molecule has 1 aliphatic heterocycles. The third-order valence-corrected chi connectivity index (χ3v) is 7.80. The van der Waals surface area contributed by atoms with Crippen LogP contribution in [0.15, 0.2) is 12.4 Å². The highest BCUT2D eigenvalue weighted by Crippen LogP contribution is 2.60. The Morgan fingerprint density at radius 3 is 2.46 bits per heavy atom. The number of rotatable bonds is 4. The number of hydrogen-bond donors (Lipinski definition) is 1. The van der Waals surface area contributed by atoms with Gasteiger partial charge in [-0.25, -0.2) is 0 Å². The Hall–Kier alpha value is -1.36. The molecule has 26 heavy (non-hydrogen) atoms. The first-order valence-electron chi connectivity index (χ1n) is 10.5. The lowest BCUT2D eigenvalue weighted by Gasteiger charge is -2.57. The van der Waals surface area contributed by atoms with Gasteiger partial charge in [-0.05, 0) is 67.3 Å². The normalized spacial score (nSPS) is 40.9. The molecule has 0 radical (unpaired) electrons. The lowest BCUT2D eigenvalue weighted by atomic mass is 9.49. The van der Waals surface area contributed by atoms with Gasteiger partial charge in [-0.2, -0.15) is 5.10 Å². The molecule has 5 aliphatic rings. The molecule has 6 rings (SSSR count). The van der Waals surface area contributed by atoms with E-state index in [4.69, 9.17) is 0 Å². The predicted molar refractivity (Wildman–Crippen MR) is 101 cm³/mol. The summed E-state index contributed by atoms with van der Waals surface area (Å²) in [6, 6.07) is 0. The highest BCUT2D eigenvalue weighted by molar-refractivity contribution is 5.80. The number of nitrogens with one attached hydrogen (secondary N) is 1. The van der Waals surface area contributed by atoms with Gasteiger partial charge in [0.1, 0.15) is 0 Å². The number of amides is 1. The van der Waals surface area contributed by atoms with Crippen LogP contribution in [0, 0.1) is 29.1 Å². The van der Waals surface area contributed by atoms with Crippen molar-refractivity contribution in [1.82, 2.24) is 20.0 Å². The molecule has 1 amide bonds. The topological polar surface area (TPSA) is 50.2 Å². The smallest absolute Gasteiger partial charge is 0.227 e. The molecule has 2 atom stereocenters. The second-order valence-electron chi connectivity index (χ2n) is 9.93. The molecule has 5 nitrogen and oxygen atoms in total. The quantitative estimate of drug-likeness (QED) is 0.901. The molecular formula is C21H32N4O. The summed E-state index contributed by atoms with van der Waals surface area (Å²) in [5.41, 5.74) is 1.62. The van der Waals surface area contributed by atoms with Crippen molar-refractivity contribution in [3.8, 4) is 0 Å². The van der Waals surface area contributed by atoms with E-state index in [-0.39, 0.29) is 11.8 Å².